The quantitative estimate of drug-likeness (QED) is 0.667. The first-order valence-corrected chi connectivity index (χ1v) is 4.30. The fourth-order valence-corrected chi connectivity index (χ4v) is 0.884. The van der Waals surface area contributed by atoms with Crippen molar-refractivity contribution in [3.63, 3.8) is 0 Å². The fourth-order valence-electron chi connectivity index (χ4n) is 0.884. The summed E-state index contributed by atoms with van der Waals surface area (Å²) in [4.78, 5) is 8.81. The third-order valence-electron chi connectivity index (χ3n) is 1.52. The second-order valence-corrected chi connectivity index (χ2v) is 2.69. The molecule has 0 aromatic heterocycles. The molecule has 1 N–H and O–H groups in total. The topological polar surface area (TPSA) is 37.3 Å². The van der Waals surface area contributed by atoms with Crippen molar-refractivity contribution in [1.29, 1.82) is 0 Å². The molecule has 0 unspecified atom stereocenters. The summed E-state index contributed by atoms with van der Waals surface area (Å²) in [5.74, 6) is 0. The van der Waals surface area contributed by atoms with E-state index < -0.39 is 0 Å². The predicted molar refractivity (Wildman–Crippen MR) is 60.1 cm³/mol. The number of carbonyl (C=O) groups excluding carboxylic acids is 1. The van der Waals surface area contributed by atoms with Crippen LogP contribution in [-0.4, -0.2) is 18.0 Å². The average molecular weight is 284 g/mol. The summed E-state index contributed by atoms with van der Waals surface area (Å²) < 4.78 is 0. The average Bonchev–Trinajstić information content (AvgIpc) is 2.11. The molecule has 0 saturated carbocycles. The van der Waals surface area contributed by atoms with Crippen molar-refractivity contribution in [1.82, 2.24) is 0 Å². The summed E-state index contributed by atoms with van der Waals surface area (Å²) in [6.45, 7) is 3.74. The number of aryl methyl sites for hydroxylation is 1. The van der Waals surface area contributed by atoms with E-state index in [0.717, 1.165) is 12.7 Å². The molecule has 0 atom stereocenters. The third kappa shape index (κ3) is 11.9. The number of hydrogen-bond donors (Lipinski definition) is 1. The Morgan fingerprint density at radius 1 is 1.27 bits per heavy atom. The summed E-state index contributed by atoms with van der Waals surface area (Å²) in [5, 5.41) is 8.59. The van der Waals surface area contributed by atoms with E-state index in [1.165, 1.54) is 18.1 Å². The standard InChI is InChI=1S/C9H12O.C2H4O.CH3.Y/c1-8-2-4-9(5-3-8)6-7-10;1-2-3;;/h2-5,10H,6-7H2,1H3;2H,1H3;1H3;/q;;-1;. The van der Waals surface area contributed by atoms with Crippen LogP contribution in [0.25, 0.3) is 0 Å². The van der Waals surface area contributed by atoms with Gasteiger partial charge in [0.15, 0.2) is 0 Å². The van der Waals surface area contributed by atoms with E-state index in [2.05, 4.69) is 19.1 Å². The molecule has 1 radical (unpaired) electrons. The SMILES string of the molecule is CC=O.Cc1ccc(CCO)cc1.[CH3-].[Y]. The number of benzene rings is 1. The first kappa shape index (κ1) is 20.4. The van der Waals surface area contributed by atoms with Gasteiger partial charge in [0.25, 0.3) is 0 Å². The van der Waals surface area contributed by atoms with Gasteiger partial charge in [0.1, 0.15) is 6.29 Å². The second kappa shape index (κ2) is 14.0. The molecule has 1 aromatic rings. The van der Waals surface area contributed by atoms with Gasteiger partial charge in [-0.05, 0) is 25.8 Å². The van der Waals surface area contributed by atoms with Crippen LogP contribution < -0.4 is 0 Å². The van der Waals surface area contributed by atoms with Gasteiger partial charge in [0.05, 0.1) is 0 Å². The maximum Gasteiger partial charge on any atom is 0.116 e. The molecule has 3 heteroatoms. The van der Waals surface area contributed by atoms with Crippen LogP contribution in [-0.2, 0) is 43.9 Å². The van der Waals surface area contributed by atoms with E-state index in [4.69, 9.17) is 9.90 Å². The normalized spacial score (nSPS) is 7.40. The monoisotopic (exact) mass is 284 g/mol. The van der Waals surface area contributed by atoms with Crippen molar-refractivity contribution in [3.05, 3.63) is 42.8 Å². The molecule has 0 heterocycles. The van der Waals surface area contributed by atoms with Crippen molar-refractivity contribution < 1.29 is 42.6 Å². The Kier molecular flexibility index (Phi) is 19.0. The van der Waals surface area contributed by atoms with E-state index in [0.29, 0.717) is 0 Å². The zero-order valence-corrected chi connectivity index (χ0v) is 12.6. The Morgan fingerprint density at radius 3 is 2.00 bits per heavy atom. The minimum atomic E-state index is 0. The molecule has 0 fully saturated rings. The van der Waals surface area contributed by atoms with E-state index >= 15 is 0 Å². The number of aliphatic hydroxyl groups excluding tert-OH is 1. The Hall–Kier alpha value is -0.0461. The molecule has 0 aliphatic carbocycles. The molecule has 1 aromatic carbocycles. The van der Waals surface area contributed by atoms with Gasteiger partial charge in [-0.25, -0.2) is 0 Å². The fraction of sp³-hybridized carbons (Fsp3) is 0.333. The van der Waals surface area contributed by atoms with Gasteiger partial charge in [-0.3, -0.25) is 0 Å². The van der Waals surface area contributed by atoms with Crippen molar-refractivity contribution >= 4 is 6.29 Å². The predicted octanol–water partition coefficient (Wildman–Crippen LogP) is 2.18. The van der Waals surface area contributed by atoms with Crippen LogP contribution in [0.3, 0.4) is 0 Å². The first-order valence-electron chi connectivity index (χ1n) is 4.30. The number of hydrogen-bond acceptors (Lipinski definition) is 2. The zero-order valence-electron chi connectivity index (χ0n) is 9.73. The largest absolute Gasteiger partial charge is 0.396 e. The van der Waals surface area contributed by atoms with Crippen LogP contribution in [0.5, 0.6) is 0 Å². The summed E-state index contributed by atoms with van der Waals surface area (Å²) in [6, 6.07) is 8.22. The molecule has 0 amide bonds. The zero-order chi connectivity index (χ0) is 10.1. The minimum Gasteiger partial charge on any atom is -0.396 e. The van der Waals surface area contributed by atoms with Crippen LogP contribution in [0.15, 0.2) is 24.3 Å². The van der Waals surface area contributed by atoms with Crippen LogP contribution in [0.2, 0.25) is 0 Å². The molecule has 2 nitrogen and oxygen atoms in total. The van der Waals surface area contributed by atoms with E-state index in [1.54, 1.807) is 0 Å². The maximum atomic E-state index is 8.81. The van der Waals surface area contributed by atoms with Gasteiger partial charge < -0.3 is 17.3 Å². The number of aldehydes is 1. The van der Waals surface area contributed by atoms with Gasteiger partial charge in [-0.15, -0.1) is 0 Å². The number of rotatable bonds is 2. The minimum absolute atomic E-state index is 0. The Bertz CT molecular complexity index is 232. The summed E-state index contributed by atoms with van der Waals surface area (Å²) in [7, 11) is 0. The Balaban J connectivity index is -0.000000260. The Labute approximate surface area is 118 Å². The van der Waals surface area contributed by atoms with Crippen molar-refractivity contribution in [2.24, 2.45) is 0 Å². The van der Waals surface area contributed by atoms with Crippen molar-refractivity contribution in [2.45, 2.75) is 20.3 Å². The molecule has 0 saturated heterocycles. The van der Waals surface area contributed by atoms with Crippen molar-refractivity contribution in [2.75, 3.05) is 6.61 Å². The molecule has 0 spiro atoms. The van der Waals surface area contributed by atoms with E-state index in [-0.39, 0.29) is 46.7 Å². The van der Waals surface area contributed by atoms with E-state index in [9.17, 15) is 0 Å². The van der Waals surface area contributed by atoms with Gasteiger partial charge in [-0.1, -0.05) is 29.8 Å². The van der Waals surface area contributed by atoms with Gasteiger partial charge in [0, 0.05) is 39.3 Å². The molecule has 1 rings (SSSR count). The molecule has 15 heavy (non-hydrogen) atoms. The van der Waals surface area contributed by atoms with Gasteiger partial charge in [0.2, 0.25) is 0 Å². The third-order valence-corrected chi connectivity index (χ3v) is 1.52. The summed E-state index contributed by atoms with van der Waals surface area (Å²) in [6.07, 6.45) is 1.51. The number of carbonyl (C=O) groups is 1. The summed E-state index contributed by atoms with van der Waals surface area (Å²) in [5.41, 5.74) is 2.47. The van der Waals surface area contributed by atoms with Crippen molar-refractivity contribution in [3.8, 4) is 0 Å². The van der Waals surface area contributed by atoms with Crippen LogP contribution in [0, 0.1) is 14.4 Å². The molecule has 0 aliphatic heterocycles. The Morgan fingerprint density at radius 2 is 1.67 bits per heavy atom. The number of aliphatic hydroxyl groups is 1. The van der Waals surface area contributed by atoms with Crippen LogP contribution >= 0.6 is 0 Å². The summed E-state index contributed by atoms with van der Waals surface area (Å²) >= 11 is 0. The first-order chi connectivity index (χ1) is 6.24. The smallest absolute Gasteiger partial charge is 0.116 e. The molecule has 0 bridgehead atoms. The molecular weight excluding hydrogens is 265 g/mol. The molecular formula is C12H19O2Y-. The molecule has 83 valence electrons. The van der Waals surface area contributed by atoms with Crippen LogP contribution in [0.4, 0.5) is 0 Å². The maximum absolute atomic E-state index is 8.81. The van der Waals surface area contributed by atoms with Gasteiger partial charge >= 0.3 is 0 Å². The second-order valence-electron chi connectivity index (χ2n) is 2.69. The van der Waals surface area contributed by atoms with Crippen LogP contribution in [0.1, 0.15) is 18.1 Å². The molecule has 0 aliphatic rings. The van der Waals surface area contributed by atoms with E-state index in [1.807, 2.05) is 12.1 Å². The van der Waals surface area contributed by atoms with Gasteiger partial charge in [-0.2, -0.15) is 0 Å².